The highest BCUT2D eigenvalue weighted by Gasteiger charge is 2.28. The molecule has 1 saturated heterocycles. The van der Waals surface area contributed by atoms with Gasteiger partial charge >= 0.3 is 0 Å². The van der Waals surface area contributed by atoms with Crippen LogP contribution in [0, 0.1) is 5.92 Å². The van der Waals surface area contributed by atoms with Crippen molar-refractivity contribution in [1.82, 2.24) is 25.3 Å². The monoisotopic (exact) mass is 395 g/mol. The molecule has 8 heteroatoms. The lowest BCUT2D eigenvalue weighted by molar-refractivity contribution is 0.0940. The van der Waals surface area contributed by atoms with E-state index in [2.05, 4.69) is 56.9 Å². The fourth-order valence-electron chi connectivity index (χ4n) is 3.94. The maximum absolute atomic E-state index is 12.4. The summed E-state index contributed by atoms with van der Waals surface area (Å²) in [7, 11) is 0. The summed E-state index contributed by atoms with van der Waals surface area (Å²) in [6, 6.07) is 2.08. The van der Waals surface area contributed by atoms with Crippen LogP contribution < -0.4 is 15.1 Å². The minimum absolute atomic E-state index is 0.0772. The Hall–Kier alpha value is -2.77. The number of carbonyl (C=O) groups is 1. The van der Waals surface area contributed by atoms with E-state index < -0.39 is 0 Å². The molecule has 2 aromatic heterocycles. The van der Waals surface area contributed by atoms with Crippen LogP contribution in [0.1, 0.15) is 48.3 Å². The van der Waals surface area contributed by atoms with E-state index >= 15 is 0 Å². The van der Waals surface area contributed by atoms with Crippen molar-refractivity contribution < 1.29 is 4.79 Å². The molecule has 0 aromatic carbocycles. The van der Waals surface area contributed by atoms with Gasteiger partial charge in [0, 0.05) is 56.5 Å². The summed E-state index contributed by atoms with van der Waals surface area (Å²) >= 11 is 0. The van der Waals surface area contributed by atoms with E-state index in [-0.39, 0.29) is 5.91 Å². The van der Waals surface area contributed by atoms with Gasteiger partial charge in [-0.05, 0) is 18.8 Å². The van der Waals surface area contributed by atoms with E-state index in [1.165, 1.54) is 0 Å². The van der Waals surface area contributed by atoms with Crippen molar-refractivity contribution in [2.24, 2.45) is 5.92 Å². The van der Waals surface area contributed by atoms with Gasteiger partial charge in [0.15, 0.2) is 0 Å². The number of aromatic nitrogens is 4. The van der Waals surface area contributed by atoms with Crippen LogP contribution in [0.4, 0.5) is 11.6 Å². The minimum atomic E-state index is -0.0772. The minimum Gasteiger partial charge on any atom is -0.353 e. The quantitative estimate of drug-likeness (QED) is 0.823. The van der Waals surface area contributed by atoms with Gasteiger partial charge in [-0.25, -0.2) is 19.9 Å². The summed E-state index contributed by atoms with van der Waals surface area (Å²) in [5.74, 6) is 3.05. The number of carbonyl (C=O) groups excluding carboxylic acids is 1. The molecule has 2 aliphatic heterocycles. The molecule has 0 spiro atoms. The smallest absolute Gasteiger partial charge is 0.270 e. The van der Waals surface area contributed by atoms with Gasteiger partial charge in [-0.3, -0.25) is 4.79 Å². The van der Waals surface area contributed by atoms with Crippen LogP contribution in [-0.2, 0) is 19.3 Å². The van der Waals surface area contributed by atoms with E-state index in [1.807, 2.05) is 0 Å². The van der Waals surface area contributed by atoms with E-state index in [0.717, 1.165) is 74.2 Å². The summed E-state index contributed by atoms with van der Waals surface area (Å²) in [5.41, 5.74) is 2.61. The van der Waals surface area contributed by atoms with Gasteiger partial charge in [-0.15, -0.1) is 0 Å². The molecule has 154 valence electrons. The first-order valence-corrected chi connectivity index (χ1v) is 10.5. The molecule has 29 heavy (non-hydrogen) atoms. The summed E-state index contributed by atoms with van der Waals surface area (Å²) in [4.78, 5) is 35.3. The van der Waals surface area contributed by atoms with Crippen LogP contribution in [0.15, 0.2) is 12.4 Å². The molecule has 1 N–H and O–H groups in total. The molecule has 4 heterocycles. The van der Waals surface area contributed by atoms with Crippen molar-refractivity contribution in [3.8, 4) is 0 Å². The van der Waals surface area contributed by atoms with Crippen LogP contribution in [0.25, 0.3) is 0 Å². The number of amides is 1. The van der Waals surface area contributed by atoms with Gasteiger partial charge in [-0.2, -0.15) is 0 Å². The number of nitrogens with zero attached hydrogens (tertiary/aromatic N) is 6. The molecule has 0 saturated carbocycles. The zero-order valence-electron chi connectivity index (χ0n) is 17.5. The van der Waals surface area contributed by atoms with E-state index in [4.69, 9.17) is 4.98 Å². The molecule has 2 aromatic rings. The number of piperazine rings is 1. The Morgan fingerprint density at radius 3 is 2.59 bits per heavy atom. The molecular weight excluding hydrogens is 366 g/mol. The zero-order valence-corrected chi connectivity index (χ0v) is 17.5. The lowest BCUT2D eigenvalue weighted by atomic mass is 10.0. The first-order valence-electron chi connectivity index (χ1n) is 10.5. The molecule has 8 nitrogen and oxygen atoms in total. The number of hydrogen-bond acceptors (Lipinski definition) is 7. The van der Waals surface area contributed by atoms with Gasteiger partial charge in [0.1, 0.15) is 29.5 Å². The van der Waals surface area contributed by atoms with Gasteiger partial charge in [0.05, 0.1) is 0 Å². The van der Waals surface area contributed by atoms with E-state index in [9.17, 15) is 4.79 Å². The van der Waals surface area contributed by atoms with Crippen LogP contribution in [0.2, 0.25) is 0 Å². The third-order valence-corrected chi connectivity index (χ3v) is 5.47. The average Bonchev–Trinajstić information content (AvgIpc) is 2.74. The molecule has 0 atom stereocenters. The number of hydrogen-bond donors (Lipinski definition) is 1. The molecule has 2 aliphatic rings. The first-order chi connectivity index (χ1) is 14.0. The van der Waals surface area contributed by atoms with Crippen LogP contribution in [-0.4, -0.2) is 58.6 Å². The second-order valence-corrected chi connectivity index (χ2v) is 8.09. The summed E-state index contributed by atoms with van der Waals surface area (Å²) in [6.45, 7) is 10.5. The highest BCUT2D eigenvalue weighted by Crippen LogP contribution is 2.26. The number of nitrogens with one attached hydrogen (secondary N) is 1. The molecular formula is C21H29N7O. The Balaban J connectivity index is 1.57. The molecule has 0 radical (unpaired) electrons. The maximum Gasteiger partial charge on any atom is 0.270 e. The number of anilines is 2. The molecule has 1 fully saturated rings. The molecule has 0 unspecified atom stereocenters. The molecule has 4 rings (SSSR count). The van der Waals surface area contributed by atoms with Crippen molar-refractivity contribution in [3.63, 3.8) is 0 Å². The standard InChI is InChI=1S/C21H29N7O/c1-4-15-12-18(24-13-23-15)27-7-9-28(10-8-27)20-16-5-6-22-21(29)19(16)25-17(26-20)11-14(2)3/h12-14H,4-11H2,1-3H3,(H,22,29). The Morgan fingerprint density at radius 1 is 1.10 bits per heavy atom. The fourth-order valence-corrected chi connectivity index (χ4v) is 3.94. The molecule has 0 bridgehead atoms. The van der Waals surface area contributed by atoms with Crippen molar-refractivity contribution in [3.05, 3.63) is 35.2 Å². The Morgan fingerprint density at radius 2 is 1.86 bits per heavy atom. The third kappa shape index (κ3) is 4.16. The average molecular weight is 396 g/mol. The Labute approximate surface area is 171 Å². The summed E-state index contributed by atoms with van der Waals surface area (Å²) in [5, 5.41) is 2.92. The Kier molecular flexibility index (Phi) is 5.60. The van der Waals surface area contributed by atoms with Gasteiger partial charge in [0.25, 0.3) is 5.91 Å². The van der Waals surface area contributed by atoms with Crippen LogP contribution in [0.3, 0.4) is 0 Å². The predicted molar refractivity (Wildman–Crippen MR) is 112 cm³/mol. The highest BCUT2D eigenvalue weighted by atomic mass is 16.1. The second kappa shape index (κ2) is 8.31. The lowest BCUT2D eigenvalue weighted by Crippen LogP contribution is -2.48. The third-order valence-electron chi connectivity index (χ3n) is 5.47. The maximum atomic E-state index is 12.4. The van der Waals surface area contributed by atoms with Crippen molar-refractivity contribution >= 4 is 17.5 Å². The highest BCUT2D eigenvalue weighted by molar-refractivity contribution is 5.96. The number of rotatable bonds is 5. The van der Waals surface area contributed by atoms with E-state index in [0.29, 0.717) is 18.2 Å². The second-order valence-electron chi connectivity index (χ2n) is 8.09. The number of fused-ring (bicyclic) bond motifs is 1. The van der Waals surface area contributed by atoms with Crippen LogP contribution >= 0.6 is 0 Å². The van der Waals surface area contributed by atoms with Gasteiger partial charge in [-0.1, -0.05) is 20.8 Å². The van der Waals surface area contributed by atoms with Crippen molar-refractivity contribution in [2.75, 3.05) is 42.5 Å². The molecule has 1 amide bonds. The largest absolute Gasteiger partial charge is 0.353 e. The molecule has 0 aliphatic carbocycles. The van der Waals surface area contributed by atoms with Gasteiger partial charge < -0.3 is 15.1 Å². The van der Waals surface area contributed by atoms with Gasteiger partial charge in [0.2, 0.25) is 0 Å². The normalized spacial score (nSPS) is 16.8. The lowest BCUT2D eigenvalue weighted by Gasteiger charge is -2.37. The summed E-state index contributed by atoms with van der Waals surface area (Å²) < 4.78 is 0. The summed E-state index contributed by atoms with van der Waals surface area (Å²) in [6.07, 6.45) is 4.11. The van der Waals surface area contributed by atoms with Crippen LogP contribution in [0.5, 0.6) is 0 Å². The fraction of sp³-hybridized carbons (Fsp3) is 0.571. The van der Waals surface area contributed by atoms with Crippen molar-refractivity contribution in [1.29, 1.82) is 0 Å². The topological polar surface area (TPSA) is 87.1 Å². The predicted octanol–water partition coefficient (Wildman–Crippen LogP) is 1.64. The zero-order chi connectivity index (χ0) is 20.4. The number of aryl methyl sites for hydroxylation is 1. The Bertz CT molecular complexity index is 891. The van der Waals surface area contributed by atoms with E-state index in [1.54, 1.807) is 6.33 Å². The SMILES string of the molecule is CCc1cc(N2CCN(c3nc(CC(C)C)nc4c3CCNC4=O)CC2)ncn1. The van der Waals surface area contributed by atoms with Crippen molar-refractivity contribution in [2.45, 2.75) is 40.0 Å². The first kappa shape index (κ1) is 19.5.